The van der Waals surface area contributed by atoms with Gasteiger partial charge in [-0.1, -0.05) is 6.92 Å². The van der Waals surface area contributed by atoms with Crippen LogP contribution in [0.2, 0.25) is 0 Å². The average molecular weight is 156 g/mol. The molecule has 0 bridgehead atoms. The van der Waals surface area contributed by atoms with Crippen LogP contribution in [0.15, 0.2) is 11.2 Å². The molecule has 1 aromatic heterocycles. The first-order valence-electron chi connectivity index (χ1n) is 3.36. The molecule has 1 rings (SSSR count). The lowest BCUT2D eigenvalue weighted by Crippen LogP contribution is -1.92. The van der Waals surface area contributed by atoms with Crippen molar-refractivity contribution in [2.24, 2.45) is 7.05 Å². The highest BCUT2D eigenvalue weighted by Gasteiger charge is 1.99. The van der Waals surface area contributed by atoms with Crippen molar-refractivity contribution in [2.45, 2.75) is 18.9 Å². The van der Waals surface area contributed by atoms with Crippen LogP contribution in [-0.4, -0.2) is 15.3 Å². The van der Waals surface area contributed by atoms with Gasteiger partial charge in [0, 0.05) is 7.05 Å². The standard InChI is InChI=1S/C7H12N2S/c1-4-10-7-5-8-6(2)9(7)3/h5H,4H2,1-3H3. The summed E-state index contributed by atoms with van der Waals surface area (Å²) < 4.78 is 2.11. The summed E-state index contributed by atoms with van der Waals surface area (Å²) in [6.45, 7) is 4.16. The Bertz CT molecular complexity index is 217. The summed E-state index contributed by atoms with van der Waals surface area (Å²) in [5.74, 6) is 2.19. The maximum Gasteiger partial charge on any atom is 0.106 e. The van der Waals surface area contributed by atoms with Crippen LogP contribution in [-0.2, 0) is 7.05 Å². The van der Waals surface area contributed by atoms with Crippen molar-refractivity contribution in [3.05, 3.63) is 12.0 Å². The molecule has 1 heterocycles. The van der Waals surface area contributed by atoms with Gasteiger partial charge in [0.2, 0.25) is 0 Å². The van der Waals surface area contributed by atoms with Gasteiger partial charge in [-0.25, -0.2) is 4.98 Å². The number of nitrogens with zero attached hydrogens (tertiary/aromatic N) is 2. The third kappa shape index (κ3) is 1.34. The minimum absolute atomic E-state index is 1.08. The zero-order chi connectivity index (χ0) is 7.56. The van der Waals surface area contributed by atoms with Gasteiger partial charge in [-0.15, -0.1) is 11.8 Å². The van der Waals surface area contributed by atoms with Gasteiger partial charge in [-0.2, -0.15) is 0 Å². The van der Waals surface area contributed by atoms with Crippen LogP contribution in [0.3, 0.4) is 0 Å². The highest BCUT2D eigenvalue weighted by molar-refractivity contribution is 7.99. The Morgan fingerprint density at radius 1 is 1.70 bits per heavy atom. The first-order valence-corrected chi connectivity index (χ1v) is 4.35. The predicted molar refractivity (Wildman–Crippen MR) is 44.3 cm³/mol. The zero-order valence-electron chi connectivity index (χ0n) is 6.59. The molecule has 0 saturated carbocycles. The van der Waals surface area contributed by atoms with Gasteiger partial charge in [0.25, 0.3) is 0 Å². The first-order chi connectivity index (χ1) is 4.75. The molecule has 0 spiro atoms. The van der Waals surface area contributed by atoms with Gasteiger partial charge in [0.15, 0.2) is 0 Å². The second kappa shape index (κ2) is 3.10. The molecule has 0 aromatic carbocycles. The molecular weight excluding hydrogens is 144 g/mol. The SMILES string of the molecule is CCSc1cnc(C)n1C. The summed E-state index contributed by atoms with van der Waals surface area (Å²) in [6.07, 6.45) is 1.92. The lowest BCUT2D eigenvalue weighted by atomic mass is 10.7. The van der Waals surface area contributed by atoms with E-state index in [0.717, 1.165) is 11.6 Å². The molecule has 3 heteroatoms. The van der Waals surface area contributed by atoms with Crippen molar-refractivity contribution >= 4 is 11.8 Å². The summed E-state index contributed by atoms with van der Waals surface area (Å²) in [4.78, 5) is 4.18. The number of thioether (sulfide) groups is 1. The fourth-order valence-corrected chi connectivity index (χ4v) is 1.51. The van der Waals surface area contributed by atoms with Crippen LogP contribution in [0.1, 0.15) is 12.7 Å². The molecule has 0 unspecified atom stereocenters. The Hall–Kier alpha value is -0.440. The van der Waals surface area contributed by atoms with Crippen LogP contribution in [0.4, 0.5) is 0 Å². The maximum absolute atomic E-state index is 4.18. The van der Waals surface area contributed by atoms with Crippen LogP contribution < -0.4 is 0 Å². The Balaban J connectivity index is 2.83. The largest absolute Gasteiger partial charge is 0.327 e. The molecule has 0 fully saturated rings. The van der Waals surface area contributed by atoms with E-state index in [2.05, 4.69) is 16.5 Å². The van der Waals surface area contributed by atoms with Crippen molar-refractivity contribution in [1.29, 1.82) is 0 Å². The molecule has 56 valence electrons. The molecule has 0 N–H and O–H groups in total. The number of hydrogen-bond acceptors (Lipinski definition) is 2. The number of rotatable bonds is 2. The Kier molecular flexibility index (Phi) is 2.38. The van der Waals surface area contributed by atoms with Crippen LogP contribution in [0, 0.1) is 6.92 Å². The quantitative estimate of drug-likeness (QED) is 0.608. The van der Waals surface area contributed by atoms with E-state index in [4.69, 9.17) is 0 Å². The van der Waals surface area contributed by atoms with E-state index in [0.29, 0.717) is 0 Å². The number of imidazole rings is 1. The Labute approximate surface area is 65.7 Å². The third-order valence-electron chi connectivity index (χ3n) is 1.47. The highest BCUT2D eigenvalue weighted by Crippen LogP contribution is 2.16. The summed E-state index contributed by atoms with van der Waals surface area (Å²) >= 11 is 1.82. The van der Waals surface area contributed by atoms with Gasteiger partial charge >= 0.3 is 0 Å². The molecule has 1 aromatic rings. The van der Waals surface area contributed by atoms with E-state index in [1.54, 1.807) is 0 Å². The summed E-state index contributed by atoms with van der Waals surface area (Å²) in [5, 5.41) is 1.25. The van der Waals surface area contributed by atoms with Crippen molar-refractivity contribution < 1.29 is 0 Å². The minimum Gasteiger partial charge on any atom is -0.327 e. The molecule has 0 atom stereocenters. The lowest BCUT2D eigenvalue weighted by molar-refractivity contribution is 0.785. The molecule has 2 nitrogen and oxygen atoms in total. The van der Waals surface area contributed by atoms with E-state index in [9.17, 15) is 0 Å². The summed E-state index contributed by atoms with van der Waals surface area (Å²) in [7, 11) is 2.04. The molecule has 0 aliphatic heterocycles. The van der Waals surface area contributed by atoms with Gasteiger partial charge < -0.3 is 4.57 Å². The predicted octanol–water partition coefficient (Wildman–Crippen LogP) is 1.84. The molecule has 0 aliphatic carbocycles. The van der Waals surface area contributed by atoms with Crippen molar-refractivity contribution in [1.82, 2.24) is 9.55 Å². The fraction of sp³-hybridized carbons (Fsp3) is 0.571. The third-order valence-corrected chi connectivity index (χ3v) is 2.43. The molecular formula is C7H12N2S. The molecule has 0 radical (unpaired) electrons. The smallest absolute Gasteiger partial charge is 0.106 e. The van der Waals surface area contributed by atoms with Gasteiger partial charge in [0.05, 0.1) is 11.2 Å². The first kappa shape index (κ1) is 7.66. The summed E-state index contributed by atoms with van der Waals surface area (Å²) in [6, 6.07) is 0. The highest BCUT2D eigenvalue weighted by atomic mass is 32.2. The van der Waals surface area contributed by atoms with E-state index >= 15 is 0 Å². The van der Waals surface area contributed by atoms with E-state index < -0.39 is 0 Å². The molecule has 10 heavy (non-hydrogen) atoms. The minimum atomic E-state index is 1.08. The second-order valence-electron chi connectivity index (χ2n) is 2.14. The van der Waals surface area contributed by atoms with Gasteiger partial charge in [-0.05, 0) is 12.7 Å². The zero-order valence-corrected chi connectivity index (χ0v) is 7.40. The second-order valence-corrected chi connectivity index (χ2v) is 3.42. The monoisotopic (exact) mass is 156 g/mol. The van der Waals surface area contributed by atoms with E-state index in [1.165, 1.54) is 5.03 Å². The van der Waals surface area contributed by atoms with Crippen LogP contribution in [0.5, 0.6) is 0 Å². The average Bonchev–Trinajstić information content (AvgIpc) is 2.20. The van der Waals surface area contributed by atoms with Gasteiger partial charge in [0.1, 0.15) is 5.82 Å². The maximum atomic E-state index is 4.18. The van der Waals surface area contributed by atoms with Crippen LogP contribution >= 0.6 is 11.8 Å². The molecule has 0 amide bonds. The van der Waals surface area contributed by atoms with Gasteiger partial charge in [-0.3, -0.25) is 0 Å². The summed E-state index contributed by atoms with van der Waals surface area (Å²) in [5.41, 5.74) is 0. The van der Waals surface area contributed by atoms with Crippen molar-refractivity contribution in [3.63, 3.8) is 0 Å². The van der Waals surface area contributed by atoms with Crippen molar-refractivity contribution in [2.75, 3.05) is 5.75 Å². The molecule has 0 aliphatic rings. The lowest BCUT2D eigenvalue weighted by Gasteiger charge is -1.99. The van der Waals surface area contributed by atoms with E-state index in [1.807, 2.05) is 31.9 Å². The number of aromatic nitrogens is 2. The van der Waals surface area contributed by atoms with E-state index in [-0.39, 0.29) is 0 Å². The number of hydrogen-bond donors (Lipinski definition) is 0. The molecule has 0 saturated heterocycles. The fourth-order valence-electron chi connectivity index (χ4n) is 0.763. The van der Waals surface area contributed by atoms with Crippen molar-refractivity contribution in [3.8, 4) is 0 Å². The topological polar surface area (TPSA) is 17.8 Å². The Morgan fingerprint density at radius 3 is 2.80 bits per heavy atom. The van der Waals surface area contributed by atoms with Crippen LogP contribution in [0.25, 0.3) is 0 Å². The Morgan fingerprint density at radius 2 is 2.40 bits per heavy atom. The normalized spacial score (nSPS) is 10.3. The number of aryl methyl sites for hydroxylation is 1.